The zero-order valence-electron chi connectivity index (χ0n) is 16.8. The van der Waals surface area contributed by atoms with Crippen LogP contribution in [0.3, 0.4) is 0 Å². The molecule has 8 atom stereocenters. The fourth-order valence-corrected chi connectivity index (χ4v) is 7.09. The average Bonchev–Trinajstić information content (AvgIpc) is 3.37. The maximum Gasteiger partial charge on any atom is 0.488 e. The number of hydrogen-bond acceptors (Lipinski definition) is 14. The van der Waals surface area contributed by atoms with Gasteiger partial charge >= 0.3 is 22.4 Å². The van der Waals surface area contributed by atoms with Crippen LogP contribution in [0.4, 0.5) is 5.82 Å². The number of nitrogen functional groups attached to an aromatic ring is 1. The van der Waals surface area contributed by atoms with Crippen molar-refractivity contribution < 1.29 is 60.8 Å². The van der Waals surface area contributed by atoms with E-state index in [1.54, 1.807) is 0 Å². The molecule has 2 aromatic heterocycles. The Bertz CT molecular complexity index is 1210. The molecule has 2 aliphatic heterocycles. The quantitative estimate of drug-likeness (QED) is 0.188. The molecule has 2 aliphatic rings. The van der Waals surface area contributed by atoms with Gasteiger partial charge < -0.3 is 44.3 Å². The second kappa shape index (κ2) is 9.48. The summed E-state index contributed by atoms with van der Waals surface area (Å²) < 4.78 is 60.0. The van der Waals surface area contributed by atoms with Crippen LogP contribution in [0.15, 0.2) is 12.7 Å². The van der Waals surface area contributed by atoms with E-state index in [-0.39, 0.29) is 5.82 Å². The number of nitrogens with zero attached hydrogens (tertiary/aromatic N) is 4. The zero-order valence-corrected chi connectivity index (χ0v) is 20.3. The second-order valence-electron chi connectivity index (χ2n) is 6.76. The van der Waals surface area contributed by atoms with Crippen molar-refractivity contribution in [2.24, 2.45) is 0 Å². The minimum absolute atomic E-state index is 0.127. The van der Waals surface area contributed by atoms with Crippen LogP contribution in [0, 0.1) is 0 Å². The van der Waals surface area contributed by atoms with Crippen molar-refractivity contribution in [1.82, 2.24) is 19.5 Å². The summed E-state index contributed by atoms with van der Waals surface area (Å²) in [4.78, 5) is 49.2. The van der Waals surface area contributed by atoms with Crippen LogP contribution >= 0.6 is 22.4 Å². The predicted octanol–water partition coefficient (Wildman–Crippen LogP) is -0.520. The van der Waals surface area contributed by atoms with Gasteiger partial charge in [0, 0.05) is 7.11 Å². The predicted molar refractivity (Wildman–Crippen MR) is 111 cm³/mol. The van der Waals surface area contributed by atoms with E-state index in [0.717, 1.165) is 0 Å². The Morgan fingerprint density at radius 1 is 1.29 bits per heavy atom. The summed E-state index contributed by atoms with van der Waals surface area (Å²) in [5, 5.41) is 0. The molecule has 4 heterocycles. The Morgan fingerprint density at radius 2 is 2.00 bits per heavy atom. The number of fused-ring (bicyclic) bond motifs is 2. The van der Waals surface area contributed by atoms with Crippen molar-refractivity contribution >= 4 is 51.2 Å². The summed E-state index contributed by atoms with van der Waals surface area (Å²) >= 11 is 4.03. The van der Waals surface area contributed by atoms with Crippen LogP contribution < -0.4 is 5.73 Å². The highest BCUT2D eigenvalue weighted by Crippen LogP contribution is 2.66. The molecule has 0 aliphatic carbocycles. The number of imidazole rings is 1. The van der Waals surface area contributed by atoms with Gasteiger partial charge in [0.2, 0.25) is 0 Å². The number of nitrogens with two attached hydrogens (primary N) is 1. The molecular formula is C12H18N5O13P3S. The van der Waals surface area contributed by atoms with E-state index >= 15 is 0 Å². The molecule has 34 heavy (non-hydrogen) atoms. The Hall–Kier alpha value is -0.980. The van der Waals surface area contributed by atoms with Gasteiger partial charge in [-0.2, -0.15) is 4.31 Å². The smallest absolute Gasteiger partial charge is 0.382 e. The van der Waals surface area contributed by atoms with Gasteiger partial charge in [0.1, 0.15) is 30.2 Å². The third-order valence-electron chi connectivity index (χ3n) is 4.49. The van der Waals surface area contributed by atoms with E-state index in [1.165, 1.54) is 24.3 Å². The number of rotatable bonds is 9. The van der Waals surface area contributed by atoms with Gasteiger partial charge in [0.15, 0.2) is 17.7 Å². The first kappa shape index (κ1) is 26.1. The lowest BCUT2D eigenvalue weighted by molar-refractivity contribution is -0.256. The first-order valence-corrected chi connectivity index (χ1v) is 14.6. The van der Waals surface area contributed by atoms with Gasteiger partial charge in [0.05, 0.1) is 12.9 Å². The highest BCUT2D eigenvalue weighted by Gasteiger charge is 2.55. The van der Waals surface area contributed by atoms with E-state index in [2.05, 4.69) is 35.4 Å². The second-order valence-corrected chi connectivity index (χ2v) is 12.6. The number of aromatic nitrogens is 4. The summed E-state index contributed by atoms with van der Waals surface area (Å²) in [7, 11) is -9.43. The fraction of sp³-hybridized carbons (Fsp3) is 0.583. The van der Waals surface area contributed by atoms with Crippen molar-refractivity contribution in [3.8, 4) is 0 Å². The van der Waals surface area contributed by atoms with Crippen LogP contribution in [0.5, 0.6) is 0 Å². The molecule has 0 amide bonds. The topological polar surface area (TPSA) is 249 Å². The molecule has 0 aromatic carbocycles. The van der Waals surface area contributed by atoms with E-state index in [4.69, 9.17) is 39.0 Å². The molecule has 2 saturated heterocycles. The maximum absolute atomic E-state index is 12.1. The molecule has 2 aromatic rings. The molecule has 0 bridgehead atoms. The van der Waals surface area contributed by atoms with Crippen LogP contribution in [0.2, 0.25) is 0 Å². The number of ether oxygens (including phenoxy) is 4. The van der Waals surface area contributed by atoms with Gasteiger partial charge in [-0.1, -0.05) is 0 Å². The Morgan fingerprint density at radius 3 is 2.68 bits per heavy atom. The van der Waals surface area contributed by atoms with Crippen molar-refractivity contribution in [2.45, 2.75) is 31.0 Å². The third kappa shape index (κ3) is 5.70. The normalized spacial score (nSPS) is 32.2. The number of anilines is 1. The number of hydrogen-bond donors (Lipinski definition) is 5. The molecule has 0 saturated carbocycles. The minimum Gasteiger partial charge on any atom is -0.382 e. The lowest BCUT2D eigenvalue weighted by Crippen LogP contribution is -2.31. The molecule has 4 rings (SSSR count). The van der Waals surface area contributed by atoms with Crippen LogP contribution in [-0.2, 0) is 53.0 Å². The summed E-state index contributed by atoms with van der Waals surface area (Å²) in [5.41, 5.74) is 6.41. The van der Waals surface area contributed by atoms with Gasteiger partial charge in [-0.05, 0) is 11.8 Å². The molecule has 22 heteroatoms. The Kier molecular flexibility index (Phi) is 7.27. The molecule has 0 spiro atoms. The largest absolute Gasteiger partial charge is 0.488 e. The lowest BCUT2D eigenvalue weighted by Gasteiger charge is -2.22. The molecule has 2 fully saturated rings. The van der Waals surface area contributed by atoms with Crippen LogP contribution in [0.1, 0.15) is 6.23 Å². The first-order valence-electron chi connectivity index (χ1n) is 8.99. The Balaban J connectivity index is 1.51. The van der Waals surface area contributed by atoms with Gasteiger partial charge in [-0.3, -0.25) is 9.09 Å². The first-order chi connectivity index (χ1) is 15.8. The fourth-order valence-electron chi connectivity index (χ4n) is 3.30. The third-order valence-corrected chi connectivity index (χ3v) is 8.90. The lowest BCUT2D eigenvalue weighted by atomic mass is 10.1. The number of methoxy groups -OCH3 is 1. The highest BCUT2D eigenvalue weighted by molar-refractivity contribution is 8.08. The van der Waals surface area contributed by atoms with Crippen molar-refractivity contribution in [2.75, 3.05) is 19.5 Å². The van der Waals surface area contributed by atoms with Gasteiger partial charge in [0.25, 0.3) is 6.48 Å². The molecule has 190 valence electrons. The standard InChI is InChI=1S/C12H18N5O13P3S/c1-24-12-27-7-5(2-25-31(18,19)29-32(20,21)30-33(22,23)34)26-11(8(7)28-12)17-4-16-6-9(13)14-3-15-10(6)17/h3-5,7-8,11-12H,2H2,1H3,(H,18,19)(H,20,21)(H2,13,14,15)(H2,22,23,34)/t5-,7-,8-,11-,12?/m1/s1/i22+1,23+2,30+1/t5-,7-,8-,11-,12?,33?. The number of phosphoric acid groups is 2. The summed E-state index contributed by atoms with van der Waals surface area (Å²) in [6.45, 7) is -6.50. The maximum atomic E-state index is 12.1. The molecule has 4 unspecified atom stereocenters. The van der Waals surface area contributed by atoms with Gasteiger partial charge in [-0.15, -0.1) is 0 Å². The minimum atomic E-state index is -5.47. The zero-order chi connectivity index (χ0) is 24.9. The molecular weight excluding hydrogens is 551 g/mol. The summed E-state index contributed by atoms with van der Waals surface area (Å²) in [6.07, 6.45) is -1.15. The van der Waals surface area contributed by atoms with Gasteiger partial charge in [-0.25, -0.2) is 28.4 Å². The monoisotopic (exact) mass is 569 g/mol. The van der Waals surface area contributed by atoms with Crippen LogP contribution in [-0.4, -0.2) is 77.6 Å². The van der Waals surface area contributed by atoms with E-state index in [0.29, 0.717) is 11.2 Å². The summed E-state index contributed by atoms with van der Waals surface area (Å²) in [6, 6.07) is 0. The highest BCUT2D eigenvalue weighted by atomic mass is 32.5. The molecule has 6 N–H and O–H groups in total. The summed E-state index contributed by atoms with van der Waals surface area (Å²) in [5.74, 6) is 0.127. The van der Waals surface area contributed by atoms with Crippen molar-refractivity contribution in [3.63, 3.8) is 0 Å². The molecule has 18 nitrogen and oxygen atoms in total. The number of phosphoric ester groups is 1. The SMILES string of the molecule is COC1O[C@@H]2[C@H](O1)[C@@H](COP(=O)(O)OP(=O)(O)[17O]P([17OH])([18OH])=S)O[C@H]2n1cnc2c(N)ncnc21. The Labute approximate surface area is 195 Å². The van der Waals surface area contributed by atoms with Crippen molar-refractivity contribution in [1.29, 1.82) is 0 Å². The molecule has 0 radical (unpaired) electrons. The van der Waals surface area contributed by atoms with E-state index in [1.807, 2.05) is 0 Å². The van der Waals surface area contributed by atoms with E-state index < -0.39 is 60.0 Å². The van der Waals surface area contributed by atoms with Crippen LogP contribution in [0.25, 0.3) is 11.2 Å². The van der Waals surface area contributed by atoms with E-state index in [9.17, 15) is 18.9 Å². The average molecular weight is 569 g/mol. The van der Waals surface area contributed by atoms with Crippen molar-refractivity contribution in [3.05, 3.63) is 12.7 Å².